The molecule has 4 nitrogen and oxygen atoms in total. The molecule has 2 heterocycles. The fraction of sp³-hybridized carbons (Fsp3) is 0.250. The number of nitrogens with one attached hydrogen (secondary N) is 1. The van der Waals surface area contributed by atoms with Crippen LogP contribution in [0.2, 0.25) is 5.15 Å². The van der Waals surface area contributed by atoms with Crippen molar-refractivity contribution in [3.05, 3.63) is 47.1 Å². The number of rotatable bonds is 4. The maximum Gasteiger partial charge on any atom is 0.422 e. The van der Waals surface area contributed by atoms with Crippen molar-refractivity contribution in [2.75, 3.05) is 25.6 Å². The maximum atomic E-state index is 13.0. The van der Waals surface area contributed by atoms with Gasteiger partial charge in [-0.05, 0) is 24.6 Å². The van der Waals surface area contributed by atoms with Crippen LogP contribution in [0.5, 0.6) is 11.5 Å². The number of pyridine rings is 1. The molecule has 0 amide bonds. The van der Waals surface area contributed by atoms with Gasteiger partial charge in [-0.3, -0.25) is 0 Å². The summed E-state index contributed by atoms with van der Waals surface area (Å²) in [6.07, 6.45) is -3.83. The molecule has 0 fully saturated rings. The first-order chi connectivity index (χ1) is 13.4. The van der Waals surface area contributed by atoms with E-state index in [1.54, 1.807) is 36.4 Å². The molecular formula is C20H16ClF3N2O2. The summed E-state index contributed by atoms with van der Waals surface area (Å²) in [5.41, 5.74) is 3.04. The van der Waals surface area contributed by atoms with Gasteiger partial charge in [0.15, 0.2) is 6.61 Å². The van der Waals surface area contributed by atoms with Gasteiger partial charge in [0.2, 0.25) is 0 Å². The van der Waals surface area contributed by atoms with E-state index in [0.717, 1.165) is 5.56 Å². The van der Waals surface area contributed by atoms with Gasteiger partial charge in [-0.15, -0.1) is 0 Å². The van der Waals surface area contributed by atoms with Gasteiger partial charge < -0.3 is 14.8 Å². The van der Waals surface area contributed by atoms with Crippen molar-refractivity contribution in [1.82, 2.24) is 4.98 Å². The smallest absolute Gasteiger partial charge is 0.422 e. The molecule has 1 aliphatic heterocycles. The molecule has 0 saturated heterocycles. The number of hydrogen-bond donors (Lipinski definition) is 1. The quantitative estimate of drug-likeness (QED) is 0.581. The summed E-state index contributed by atoms with van der Waals surface area (Å²) in [7, 11) is 1.51. The highest BCUT2D eigenvalue weighted by Crippen LogP contribution is 2.46. The molecule has 2 aromatic carbocycles. The number of nitrogens with zero attached hydrogens (tertiary/aromatic N) is 1. The molecular weight excluding hydrogens is 393 g/mol. The number of alkyl halides is 3. The summed E-state index contributed by atoms with van der Waals surface area (Å²) in [5, 5.41) is 4.05. The first kappa shape index (κ1) is 18.7. The molecule has 1 aromatic heterocycles. The number of hydrogen-bond acceptors (Lipinski definition) is 4. The lowest BCUT2D eigenvalue weighted by molar-refractivity contribution is -0.153. The minimum Gasteiger partial charge on any atom is -0.496 e. The van der Waals surface area contributed by atoms with E-state index in [-0.39, 0.29) is 5.75 Å². The zero-order chi connectivity index (χ0) is 19.9. The van der Waals surface area contributed by atoms with Crippen LogP contribution in [0.15, 0.2) is 36.4 Å². The first-order valence-electron chi connectivity index (χ1n) is 8.61. The Kier molecular flexibility index (Phi) is 4.71. The largest absolute Gasteiger partial charge is 0.496 e. The molecule has 0 bridgehead atoms. The third-order valence-electron chi connectivity index (χ3n) is 4.61. The van der Waals surface area contributed by atoms with E-state index in [1.165, 1.54) is 7.11 Å². The van der Waals surface area contributed by atoms with Gasteiger partial charge in [0, 0.05) is 23.2 Å². The molecule has 28 heavy (non-hydrogen) atoms. The van der Waals surface area contributed by atoms with E-state index < -0.39 is 12.8 Å². The van der Waals surface area contributed by atoms with Gasteiger partial charge in [-0.25, -0.2) is 4.98 Å². The summed E-state index contributed by atoms with van der Waals surface area (Å²) in [6, 6.07) is 10.5. The van der Waals surface area contributed by atoms with Crippen molar-refractivity contribution in [3.8, 4) is 22.6 Å². The lowest BCUT2D eigenvalue weighted by atomic mass is 9.99. The number of fused-ring (bicyclic) bond motifs is 3. The predicted octanol–water partition coefficient (Wildman–Crippen LogP) is 5.47. The second kappa shape index (κ2) is 7.05. The highest BCUT2D eigenvalue weighted by atomic mass is 35.5. The Morgan fingerprint density at radius 2 is 1.93 bits per heavy atom. The Morgan fingerprint density at radius 1 is 1.14 bits per heavy atom. The number of halogens is 4. The third kappa shape index (κ3) is 3.30. The Morgan fingerprint density at radius 3 is 2.68 bits per heavy atom. The van der Waals surface area contributed by atoms with Crippen LogP contribution < -0.4 is 14.8 Å². The van der Waals surface area contributed by atoms with Gasteiger partial charge in [-0.1, -0.05) is 29.8 Å². The molecule has 4 rings (SSSR count). The zero-order valence-electron chi connectivity index (χ0n) is 14.9. The van der Waals surface area contributed by atoms with E-state index in [9.17, 15) is 13.2 Å². The van der Waals surface area contributed by atoms with Crippen molar-refractivity contribution in [1.29, 1.82) is 0 Å². The second-order valence-corrected chi connectivity index (χ2v) is 6.73. The number of para-hydroxylation sites is 1. The van der Waals surface area contributed by atoms with Gasteiger partial charge in [-0.2, -0.15) is 13.2 Å². The highest BCUT2D eigenvalue weighted by Gasteiger charge is 2.31. The van der Waals surface area contributed by atoms with Crippen molar-refractivity contribution >= 4 is 28.2 Å². The van der Waals surface area contributed by atoms with E-state index in [4.69, 9.17) is 21.1 Å². The van der Waals surface area contributed by atoms with Crippen LogP contribution in [0, 0.1) is 0 Å². The lowest BCUT2D eigenvalue weighted by Crippen LogP contribution is -2.19. The van der Waals surface area contributed by atoms with Crippen LogP contribution in [0.4, 0.5) is 18.9 Å². The van der Waals surface area contributed by atoms with Crippen LogP contribution in [-0.2, 0) is 6.42 Å². The third-order valence-corrected chi connectivity index (χ3v) is 4.92. The normalized spacial score (nSPS) is 13.3. The standard InChI is InChI=1S/C20H16ClF3N2O2/c1-27-15-5-3-2-4-11(15)12-6-7-14-16(18(12)28-10-20(22,23)24)17-13(8-9-25-17)19(21)26-14/h2-7,25H,8-10H2,1H3. The monoisotopic (exact) mass is 408 g/mol. The van der Waals surface area contributed by atoms with Crippen LogP contribution in [0.25, 0.3) is 22.0 Å². The van der Waals surface area contributed by atoms with Crippen LogP contribution in [0.3, 0.4) is 0 Å². The molecule has 0 radical (unpaired) electrons. The molecule has 0 unspecified atom stereocenters. The van der Waals surface area contributed by atoms with Crippen LogP contribution >= 0.6 is 11.6 Å². The molecule has 1 N–H and O–H groups in total. The van der Waals surface area contributed by atoms with Gasteiger partial charge in [0.25, 0.3) is 0 Å². The first-order valence-corrected chi connectivity index (χ1v) is 8.98. The molecule has 8 heteroatoms. The van der Waals surface area contributed by atoms with Gasteiger partial charge >= 0.3 is 6.18 Å². The van der Waals surface area contributed by atoms with Crippen molar-refractivity contribution in [3.63, 3.8) is 0 Å². The Labute approximate surface area is 164 Å². The fourth-order valence-corrected chi connectivity index (χ4v) is 3.73. The zero-order valence-corrected chi connectivity index (χ0v) is 15.6. The van der Waals surface area contributed by atoms with Crippen molar-refractivity contribution in [2.24, 2.45) is 0 Å². The summed E-state index contributed by atoms with van der Waals surface area (Å²) < 4.78 is 49.6. The minimum atomic E-state index is -4.48. The molecule has 3 aromatic rings. The maximum absolute atomic E-state index is 13.0. The Bertz CT molecular complexity index is 1050. The molecule has 0 aliphatic carbocycles. The second-order valence-electron chi connectivity index (χ2n) is 6.37. The molecule has 1 aliphatic rings. The van der Waals surface area contributed by atoms with Crippen LogP contribution in [0.1, 0.15) is 5.56 Å². The lowest BCUT2D eigenvalue weighted by Gasteiger charge is -2.19. The predicted molar refractivity (Wildman–Crippen MR) is 102 cm³/mol. The van der Waals surface area contributed by atoms with Crippen molar-refractivity contribution < 1.29 is 22.6 Å². The number of methoxy groups -OCH3 is 1. The molecule has 0 atom stereocenters. The Hall–Kier alpha value is -2.67. The van der Waals surface area contributed by atoms with E-state index in [0.29, 0.717) is 51.6 Å². The van der Waals surface area contributed by atoms with Crippen molar-refractivity contribution in [2.45, 2.75) is 12.6 Å². The number of anilines is 1. The average Bonchev–Trinajstić information content (AvgIpc) is 3.16. The SMILES string of the molecule is COc1ccccc1-c1ccc2nc(Cl)c3c(c2c1OCC(F)(F)F)NCC3. The summed E-state index contributed by atoms with van der Waals surface area (Å²) in [4.78, 5) is 4.36. The molecule has 146 valence electrons. The topological polar surface area (TPSA) is 43.4 Å². The molecule has 0 spiro atoms. The van der Waals surface area contributed by atoms with Gasteiger partial charge in [0.05, 0.1) is 23.7 Å². The minimum absolute atomic E-state index is 0.106. The number of ether oxygens (including phenoxy) is 2. The summed E-state index contributed by atoms with van der Waals surface area (Å²) >= 11 is 6.26. The van der Waals surface area contributed by atoms with Crippen LogP contribution in [-0.4, -0.2) is 31.4 Å². The Balaban J connectivity index is 2.01. The summed E-state index contributed by atoms with van der Waals surface area (Å²) in [5.74, 6) is 0.638. The van der Waals surface area contributed by atoms with E-state index >= 15 is 0 Å². The average molecular weight is 409 g/mol. The fourth-order valence-electron chi connectivity index (χ4n) is 3.45. The number of benzene rings is 2. The van der Waals surface area contributed by atoms with E-state index in [2.05, 4.69) is 10.3 Å². The van der Waals surface area contributed by atoms with Gasteiger partial charge in [0.1, 0.15) is 16.7 Å². The van der Waals surface area contributed by atoms with E-state index in [1.807, 2.05) is 0 Å². The summed E-state index contributed by atoms with van der Waals surface area (Å²) in [6.45, 7) is -0.779. The molecule has 0 saturated carbocycles. The highest BCUT2D eigenvalue weighted by molar-refractivity contribution is 6.31. The number of aromatic nitrogens is 1.